The van der Waals surface area contributed by atoms with Gasteiger partial charge in [-0.05, 0) is 55.8 Å². The van der Waals surface area contributed by atoms with Gasteiger partial charge in [0.25, 0.3) is 0 Å². The van der Waals surface area contributed by atoms with Crippen LogP contribution in [0.1, 0.15) is 24.1 Å². The van der Waals surface area contributed by atoms with Crippen molar-refractivity contribution >= 4 is 5.69 Å². The standard InChI is InChI=1S/C15H15F2NO/c1-9-7-11(16)3-5-14(9)18-10(2)13-8-12(17)4-6-15(13)19/h3-8,10,18-19H,1-2H3. The molecule has 2 aromatic carbocycles. The van der Waals surface area contributed by atoms with Crippen molar-refractivity contribution < 1.29 is 13.9 Å². The molecule has 0 saturated heterocycles. The molecule has 0 aliphatic rings. The summed E-state index contributed by atoms with van der Waals surface area (Å²) in [5, 5.41) is 12.9. The van der Waals surface area contributed by atoms with E-state index in [4.69, 9.17) is 0 Å². The van der Waals surface area contributed by atoms with E-state index in [1.54, 1.807) is 19.9 Å². The first-order valence-electron chi connectivity index (χ1n) is 5.98. The van der Waals surface area contributed by atoms with Gasteiger partial charge in [0, 0.05) is 11.3 Å². The number of aromatic hydroxyl groups is 1. The van der Waals surface area contributed by atoms with Crippen LogP contribution in [0.5, 0.6) is 5.75 Å². The number of phenols is 1. The lowest BCUT2D eigenvalue weighted by atomic mass is 10.1. The Bertz CT molecular complexity index is 599. The zero-order valence-corrected chi connectivity index (χ0v) is 10.7. The first kappa shape index (κ1) is 13.3. The third-order valence-electron chi connectivity index (χ3n) is 3.02. The van der Waals surface area contributed by atoms with Gasteiger partial charge in [-0.25, -0.2) is 8.78 Å². The zero-order chi connectivity index (χ0) is 14.0. The summed E-state index contributed by atoms with van der Waals surface area (Å²) < 4.78 is 26.2. The summed E-state index contributed by atoms with van der Waals surface area (Å²) in [6.45, 7) is 3.58. The molecular weight excluding hydrogens is 248 g/mol. The Hall–Kier alpha value is -2.10. The highest BCUT2D eigenvalue weighted by atomic mass is 19.1. The van der Waals surface area contributed by atoms with E-state index in [1.165, 1.54) is 30.3 Å². The van der Waals surface area contributed by atoms with E-state index in [-0.39, 0.29) is 17.6 Å². The Labute approximate surface area is 110 Å². The lowest BCUT2D eigenvalue weighted by molar-refractivity contribution is 0.462. The number of halogens is 2. The minimum Gasteiger partial charge on any atom is -0.508 e. The summed E-state index contributed by atoms with van der Waals surface area (Å²) in [5.74, 6) is -0.678. The number of nitrogens with one attached hydrogen (secondary N) is 1. The fourth-order valence-corrected chi connectivity index (χ4v) is 1.97. The number of phenolic OH excluding ortho intramolecular Hbond substituents is 1. The van der Waals surface area contributed by atoms with Gasteiger partial charge in [-0.2, -0.15) is 0 Å². The summed E-state index contributed by atoms with van der Waals surface area (Å²) in [5.41, 5.74) is 1.96. The van der Waals surface area contributed by atoms with Crippen molar-refractivity contribution in [1.29, 1.82) is 0 Å². The average Bonchev–Trinajstić information content (AvgIpc) is 2.35. The fraction of sp³-hybridized carbons (Fsp3) is 0.200. The van der Waals surface area contributed by atoms with Gasteiger partial charge in [0.15, 0.2) is 0 Å². The predicted octanol–water partition coefficient (Wildman–Crippen LogP) is 4.15. The molecule has 19 heavy (non-hydrogen) atoms. The second-order valence-electron chi connectivity index (χ2n) is 4.53. The maximum absolute atomic E-state index is 13.2. The quantitative estimate of drug-likeness (QED) is 0.871. The minimum absolute atomic E-state index is 0.0289. The third kappa shape index (κ3) is 3.02. The van der Waals surface area contributed by atoms with Gasteiger partial charge < -0.3 is 10.4 Å². The van der Waals surface area contributed by atoms with E-state index in [0.717, 1.165) is 11.3 Å². The highest BCUT2D eigenvalue weighted by Gasteiger charge is 2.12. The Kier molecular flexibility index (Phi) is 3.69. The van der Waals surface area contributed by atoms with Gasteiger partial charge in [-0.15, -0.1) is 0 Å². The Balaban J connectivity index is 2.25. The molecule has 0 aliphatic carbocycles. The fourth-order valence-electron chi connectivity index (χ4n) is 1.97. The third-order valence-corrected chi connectivity index (χ3v) is 3.02. The smallest absolute Gasteiger partial charge is 0.123 e. The van der Waals surface area contributed by atoms with Crippen molar-refractivity contribution in [2.45, 2.75) is 19.9 Å². The first-order chi connectivity index (χ1) is 8.97. The topological polar surface area (TPSA) is 32.3 Å². The number of rotatable bonds is 3. The van der Waals surface area contributed by atoms with E-state index < -0.39 is 5.82 Å². The minimum atomic E-state index is -0.405. The van der Waals surface area contributed by atoms with Gasteiger partial charge in [-0.1, -0.05) is 0 Å². The molecule has 2 N–H and O–H groups in total. The van der Waals surface area contributed by atoms with E-state index >= 15 is 0 Å². The van der Waals surface area contributed by atoms with Crippen LogP contribution in [-0.4, -0.2) is 5.11 Å². The SMILES string of the molecule is Cc1cc(F)ccc1NC(C)c1cc(F)ccc1O. The molecule has 1 unspecified atom stereocenters. The molecule has 0 spiro atoms. The molecule has 2 nitrogen and oxygen atoms in total. The average molecular weight is 263 g/mol. The van der Waals surface area contributed by atoms with Gasteiger partial charge in [0.1, 0.15) is 17.4 Å². The highest BCUT2D eigenvalue weighted by molar-refractivity contribution is 5.53. The molecule has 0 amide bonds. The molecule has 0 radical (unpaired) electrons. The van der Waals surface area contributed by atoms with Crippen LogP contribution >= 0.6 is 0 Å². The van der Waals surface area contributed by atoms with Crippen molar-refractivity contribution in [3.63, 3.8) is 0 Å². The summed E-state index contributed by atoms with van der Waals surface area (Å²) >= 11 is 0. The molecule has 0 heterocycles. The molecule has 0 bridgehead atoms. The summed E-state index contributed by atoms with van der Waals surface area (Å²) in [7, 11) is 0. The van der Waals surface area contributed by atoms with Crippen LogP contribution in [0.2, 0.25) is 0 Å². The van der Waals surface area contributed by atoms with Crippen LogP contribution in [0.3, 0.4) is 0 Å². The Morgan fingerprint density at radius 2 is 1.68 bits per heavy atom. The number of anilines is 1. The van der Waals surface area contributed by atoms with Crippen molar-refractivity contribution in [1.82, 2.24) is 0 Å². The van der Waals surface area contributed by atoms with Gasteiger partial charge >= 0.3 is 0 Å². The molecule has 2 aromatic rings. The van der Waals surface area contributed by atoms with E-state index in [9.17, 15) is 13.9 Å². The highest BCUT2D eigenvalue weighted by Crippen LogP contribution is 2.28. The maximum Gasteiger partial charge on any atom is 0.123 e. The van der Waals surface area contributed by atoms with Crippen LogP contribution in [0.15, 0.2) is 36.4 Å². The van der Waals surface area contributed by atoms with Crippen LogP contribution < -0.4 is 5.32 Å². The molecule has 0 aromatic heterocycles. The summed E-state index contributed by atoms with van der Waals surface area (Å²) in [4.78, 5) is 0. The lowest BCUT2D eigenvalue weighted by Gasteiger charge is -2.18. The second-order valence-corrected chi connectivity index (χ2v) is 4.53. The van der Waals surface area contributed by atoms with E-state index in [0.29, 0.717) is 5.56 Å². The summed E-state index contributed by atoms with van der Waals surface area (Å²) in [6.07, 6.45) is 0. The normalized spacial score (nSPS) is 12.2. The largest absolute Gasteiger partial charge is 0.508 e. The van der Waals surface area contributed by atoms with E-state index in [2.05, 4.69) is 5.32 Å². The maximum atomic E-state index is 13.2. The van der Waals surface area contributed by atoms with Crippen molar-refractivity contribution in [3.05, 3.63) is 59.2 Å². The molecule has 0 aliphatic heterocycles. The monoisotopic (exact) mass is 263 g/mol. The van der Waals surface area contributed by atoms with Crippen molar-refractivity contribution in [2.24, 2.45) is 0 Å². The van der Waals surface area contributed by atoms with Gasteiger partial charge in [0.2, 0.25) is 0 Å². The van der Waals surface area contributed by atoms with E-state index in [1.807, 2.05) is 0 Å². The first-order valence-corrected chi connectivity index (χ1v) is 5.98. The molecule has 2 rings (SSSR count). The van der Waals surface area contributed by atoms with Crippen LogP contribution in [-0.2, 0) is 0 Å². The molecule has 4 heteroatoms. The predicted molar refractivity (Wildman–Crippen MR) is 71.2 cm³/mol. The molecular formula is C15H15F2NO. The number of benzene rings is 2. The lowest BCUT2D eigenvalue weighted by Crippen LogP contribution is -2.08. The Morgan fingerprint density at radius 3 is 2.37 bits per heavy atom. The van der Waals surface area contributed by atoms with Gasteiger partial charge in [0.05, 0.1) is 6.04 Å². The molecule has 100 valence electrons. The molecule has 0 fully saturated rings. The second kappa shape index (κ2) is 5.26. The summed E-state index contributed by atoms with van der Waals surface area (Å²) in [6, 6.07) is 7.91. The zero-order valence-electron chi connectivity index (χ0n) is 10.7. The van der Waals surface area contributed by atoms with Crippen molar-refractivity contribution in [2.75, 3.05) is 5.32 Å². The number of hydrogen-bond donors (Lipinski definition) is 2. The Morgan fingerprint density at radius 1 is 1.05 bits per heavy atom. The van der Waals surface area contributed by atoms with Crippen LogP contribution in [0, 0.1) is 18.6 Å². The van der Waals surface area contributed by atoms with Crippen molar-refractivity contribution in [3.8, 4) is 5.75 Å². The van der Waals surface area contributed by atoms with Crippen LogP contribution in [0.25, 0.3) is 0 Å². The number of hydrogen-bond acceptors (Lipinski definition) is 2. The number of aryl methyl sites for hydroxylation is 1. The van der Waals surface area contributed by atoms with Gasteiger partial charge in [-0.3, -0.25) is 0 Å². The molecule has 1 atom stereocenters. The van der Waals surface area contributed by atoms with Crippen LogP contribution in [0.4, 0.5) is 14.5 Å². The molecule has 0 saturated carbocycles.